The van der Waals surface area contributed by atoms with Crippen molar-refractivity contribution in [1.82, 2.24) is 24.9 Å². The van der Waals surface area contributed by atoms with E-state index in [0.717, 1.165) is 25.2 Å². The molecule has 1 N–H and O–H groups in total. The predicted molar refractivity (Wildman–Crippen MR) is 83.0 cm³/mol. The van der Waals surface area contributed by atoms with Crippen LogP contribution in [-0.2, 0) is 20.0 Å². The summed E-state index contributed by atoms with van der Waals surface area (Å²) in [5, 5.41) is 12.4. The standard InChI is InChI=1S/C16H25N5/c1-20-15(8-11-18-20)7-10-17-13-14-9-12-21(19-14)16-5-3-2-4-6-16/h8-9,11-12,16-17H,2-7,10,13H2,1H3. The molecule has 1 fully saturated rings. The van der Waals surface area contributed by atoms with E-state index in [-0.39, 0.29) is 0 Å². The Hall–Kier alpha value is -1.62. The first-order valence-electron chi connectivity index (χ1n) is 8.04. The van der Waals surface area contributed by atoms with Gasteiger partial charge in [0.05, 0.1) is 11.7 Å². The Balaban J connectivity index is 1.43. The summed E-state index contributed by atoms with van der Waals surface area (Å²) in [6.07, 6.45) is 11.7. The Morgan fingerprint density at radius 1 is 1.24 bits per heavy atom. The second-order valence-corrected chi connectivity index (χ2v) is 5.95. The Morgan fingerprint density at radius 3 is 2.86 bits per heavy atom. The highest BCUT2D eigenvalue weighted by atomic mass is 15.3. The lowest BCUT2D eigenvalue weighted by molar-refractivity contribution is 0.327. The summed E-state index contributed by atoms with van der Waals surface area (Å²) in [5.41, 5.74) is 2.40. The fraction of sp³-hybridized carbons (Fsp3) is 0.625. The van der Waals surface area contributed by atoms with Gasteiger partial charge in [0.2, 0.25) is 0 Å². The highest BCUT2D eigenvalue weighted by Crippen LogP contribution is 2.27. The molecule has 5 heteroatoms. The molecular weight excluding hydrogens is 262 g/mol. The van der Waals surface area contributed by atoms with E-state index in [4.69, 9.17) is 5.10 Å². The number of hydrogen-bond donors (Lipinski definition) is 1. The first-order chi connectivity index (χ1) is 10.3. The molecule has 0 amide bonds. The Kier molecular flexibility index (Phi) is 4.70. The Labute approximate surface area is 126 Å². The molecule has 0 saturated heterocycles. The monoisotopic (exact) mass is 287 g/mol. The SMILES string of the molecule is Cn1nccc1CCNCc1ccn(C2CCCCC2)n1. The number of aromatic nitrogens is 4. The minimum absolute atomic E-state index is 0.627. The van der Waals surface area contributed by atoms with E-state index in [1.54, 1.807) is 0 Å². The minimum Gasteiger partial charge on any atom is -0.311 e. The van der Waals surface area contributed by atoms with Crippen LogP contribution in [0.1, 0.15) is 49.5 Å². The van der Waals surface area contributed by atoms with Crippen molar-refractivity contribution >= 4 is 0 Å². The lowest BCUT2D eigenvalue weighted by atomic mass is 9.96. The quantitative estimate of drug-likeness (QED) is 0.830. The van der Waals surface area contributed by atoms with E-state index < -0.39 is 0 Å². The third-order valence-electron chi connectivity index (χ3n) is 4.40. The van der Waals surface area contributed by atoms with Crippen LogP contribution in [0.5, 0.6) is 0 Å². The zero-order valence-electron chi connectivity index (χ0n) is 12.8. The van der Waals surface area contributed by atoms with Gasteiger partial charge in [-0.05, 0) is 25.0 Å². The van der Waals surface area contributed by atoms with E-state index in [2.05, 4.69) is 33.4 Å². The van der Waals surface area contributed by atoms with Crippen LogP contribution < -0.4 is 5.32 Å². The van der Waals surface area contributed by atoms with Gasteiger partial charge in [0.25, 0.3) is 0 Å². The van der Waals surface area contributed by atoms with E-state index in [1.807, 2.05) is 17.9 Å². The molecule has 1 aliphatic carbocycles. The van der Waals surface area contributed by atoms with Crippen molar-refractivity contribution in [3.63, 3.8) is 0 Å². The molecule has 0 atom stereocenters. The Morgan fingerprint density at radius 2 is 2.10 bits per heavy atom. The van der Waals surface area contributed by atoms with Gasteiger partial charge in [-0.15, -0.1) is 0 Å². The highest BCUT2D eigenvalue weighted by molar-refractivity contribution is 5.02. The molecule has 3 rings (SSSR count). The summed E-state index contributed by atoms with van der Waals surface area (Å²) >= 11 is 0. The van der Waals surface area contributed by atoms with Crippen molar-refractivity contribution in [2.75, 3.05) is 6.54 Å². The number of hydrogen-bond acceptors (Lipinski definition) is 3. The number of nitrogens with one attached hydrogen (secondary N) is 1. The molecule has 1 aliphatic rings. The fourth-order valence-electron chi connectivity index (χ4n) is 3.10. The number of rotatable bonds is 6. The molecule has 114 valence electrons. The maximum atomic E-state index is 4.72. The van der Waals surface area contributed by atoms with E-state index >= 15 is 0 Å². The van der Waals surface area contributed by atoms with Gasteiger partial charge in [-0.2, -0.15) is 10.2 Å². The molecule has 5 nitrogen and oxygen atoms in total. The first kappa shape index (κ1) is 14.3. The van der Waals surface area contributed by atoms with Gasteiger partial charge < -0.3 is 5.32 Å². The van der Waals surface area contributed by atoms with Crippen molar-refractivity contribution < 1.29 is 0 Å². The van der Waals surface area contributed by atoms with Crippen LogP contribution in [0.15, 0.2) is 24.5 Å². The largest absolute Gasteiger partial charge is 0.311 e. The molecule has 0 aromatic carbocycles. The second kappa shape index (κ2) is 6.89. The predicted octanol–water partition coefficient (Wildman–Crippen LogP) is 2.45. The number of nitrogens with zero attached hydrogens (tertiary/aromatic N) is 4. The topological polar surface area (TPSA) is 47.7 Å². The lowest BCUT2D eigenvalue weighted by Gasteiger charge is -2.21. The molecule has 0 unspecified atom stereocenters. The zero-order valence-corrected chi connectivity index (χ0v) is 12.8. The fourth-order valence-corrected chi connectivity index (χ4v) is 3.10. The van der Waals surface area contributed by atoms with Gasteiger partial charge >= 0.3 is 0 Å². The summed E-state index contributed by atoms with van der Waals surface area (Å²) in [7, 11) is 1.99. The molecule has 21 heavy (non-hydrogen) atoms. The van der Waals surface area contributed by atoms with E-state index in [0.29, 0.717) is 6.04 Å². The molecule has 2 aromatic heterocycles. The van der Waals surface area contributed by atoms with Gasteiger partial charge in [0.15, 0.2) is 0 Å². The van der Waals surface area contributed by atoms with Crippen LogP contribution >= 0.6 is 0 Å². The van der Waals surface area contributed by atoms with E-state index in [1.165, 1.54) is 37.8 Å². The van der Waals surface area contributed by atoms with Crippen molar-refractivity contribution in [2.24, 2.45) is 7.05 Å². The van der Waals surface area contributed by atoms with Gasteiger partial charge in [0, 0.05) is 44.6 Å². The van der Waals surface area contributed by atoms with Crippen LogP contribution in [0.4, 0.5) is 0 Å². The molecular formula is C16H25N5. The zero-order chi connectivity index (χ0) is 14.5. The van der Waals surface area contributed by atoms with Crippen molar-refractivity contribution in [3.05, 3.63) is 35.9 Å². The van der Waals surface area contributed by atoms with Crippen LogP contribution in [-0.4, -0.2) is 26.1 Å². The molecule has 0 radical (unpaired) electrons. The summed E-state index contributed by atoms with van der Waals surface area (Å²) in [6, 6.07) is 4.84. The molecule has 0 bridgehead atoms. The smallest absolute Gasteiger partial charge is 0.0762 e. The van der Waals surface area contributed by atoms with Gasteiger partial charge in [-0.3, -0.25) is 9.36 Å². The number of aryl methyl sites for hydroxylation is 1. The maximum Gasteiger partial charge on any atom is 0.0762 e. The third-order valence-corrected chi connectivity index (χ3v) is 4.40. The highest BCUT2D eigenvalue weighted by Gasteiger charge is 2.15. The van der Waals surface area contributed by atoms with Crippen LogP contribution in [0.25, 0.3) is 0 Å². The summed E-state index contributed by atoms with van der Waals surface area (Å²) in [6.45, 7) is 1.80. The van der Waals surface area contributed by atoms with Crippen LogP contribution in [0.2, 0.25) is 0 Å². The molecule has 0 spiro atoms. The van der Waals surface area contributed by atoms with Crippen molar-refractivity contribution in [2.45, 2.75) is 51.1 Å². The molecule has 0 aliphatic heterocycles. The summed E-state index contributed by atoms with van der Waals surface area (Å²) in [5.74, 6) is 0. The molecule has 2 aromatic rings. The molecule has 2 heterocycles. The van der Waals surface area contributed by atoms with Crippen LogP contribution in [0.3, 0.4) is 0 Å². The third kappa shape index (κ3) is 3.73. The maximum absolute atomic E-state index is 4.72. The second-order valence-electron chi connectivity index (χ2n) is 5.95. The average Bonchev–Trinajstić information content (AvgIpc) is 3.14. The summed E-state index contributed by atoms with van der Waals surface area (Å²) in [4.78, 5) is 0. The Bertz CT molecular complexity index is 551. The normalized spacial score (nSPS) is 16.4. The first-order valence-corrected chi connectivity index (χ1v) is 8.04. The molecule has 1 saturated carbocycles. The average molecular weight is 287 g/mol. The van der Waals surface area contributed by atoms with Gasteiger partial charge in [-0.1, -0.05) is 19.3 Å². The van der Waals surface area contributed by atoms with Crippen molar-refractivity contribution in [1.29, 1.82) is 0 Å². The van der Waals surface area contributed by atoms with Gasteiger partial charge in [-0.25, -0.2) is 0 Å². The van der Waals surface area contributed by atoms with Crippen molar-refractivity contribution in [3.8, 4) is 0 Å². The van der Waals surface area contributed by atoms with Gasteiger partial charge in [0.1, 0.15) is 0 Å². The minimum atomic E-state index is 0.627. The van der Waals surface area contributed by atoms with E-state index in [9.17, 15) is 0 Å². The lowest BCUT2D eigenvalue weighted by Crippen LogP contribution is -2.19. The summed E-state index contributed by atoms with van der Waals surface area (Å²) < 4.78 is 4.11. The van der Waals surface area contributed by atoms with Crippen LogP contribution in [0, 0.1) is 0 Å².